The topological polar surface area (TPSA) is 24.9 Å². The molecule has 0 N–H and O–H groups in total. The van der Waals surface area contributed by atoms with E-state index < -0.39 is 0 Å². The third kappa shape index (κ3) is 2.81. The van der Waals surface area contributed by atoms with Crippen LogP contribution in [0.15, 0.2) is 54.6 Å². The minimum atomic E-state index is 0.0738. The van der Waals surface area contributed by atoms with E-state index in [1.54, 1.807) is 14.2 Å². The van der Waals surface area contributed by atoms with Crippen molar-refractivity contribution < 1.29 is 9.47 Å². The second-order valence-corrected chi connectivity index (χ2v) is 8.23. The molecule has 0 saturated carbocycles. The van der Waals surface area contributed by atoms with Crippen LogP contribution < -0.4 is 19.3 Å². The number of hydrogen-bond donors (Lipinski definition) is 0. The Morgan fingerprint density at radius 2 is 1.00 bits per heavy atom. The van der Waals surface area contributed by atoms with Gasteiger partial charge >= 0.3 is 0 Å². The van der Waals surface area contributed by atoms with Crippen LogP contribution in [0, 0.1) is 0 Å². The second kappa shape index (κ2) is 7.84. The molecule has 5 rings (SSSR count). The molecule has 0 aromatic heterocycles. The van der Waals surface area contributed by atoms with E-state index in [-0.39, 0.29) is 5.92 Å². The molecule has 2 heterocycles. The van der Waals surface area contributed by atoms with E-state index >= 15 is 0 Å². The summed E-state index contributed by atoms with van der Waals surface area (Å²) in [4.78, 5) is 4.94. The van der Waals surface area contributed by atoms with E-state index in [1.165, 1.54) is 39.4 Å². The molecular formula is C27H30N2O2. The van der Waals surface area contributed by atoms with Gasteiger partial charge in [0.2, 0.25) is 0 Å². The van der Waals surface area contributed by atoms with E-state index in [9.17, 15) is 0 Å². The van der Waals surface area contributed by atoms with E-state index in [0.29, 0.717) is 0 Å². The lowest BCUT2D eigenvalue weighted by atomic mass is 9.75. The minimum absolute atomic E-state index is 0.0738. The quantitative estimate of drug-likeness (QED) is 0.453. The molecule has 4 nitrogen and oxygen atoms in total. The number of ether oxygens (including phenoxy) is 2. The Balaban J connectivity index is 1.90. The zero-order valence-corrected chi connectivity index (χ0v) is 18.8. The summed E-state index contributed by atoms with van der Waals surface area (Å²) in [6.45, 7) is 6.41. The number of rotatable bonds is 6. The van der Waals surface area contributed by atoms with Gasteiger partial charge in [0.05, 0.1) is 14.2 Å². The highest BCUT2D eigenvalue weighted by atomic mass is 16.5. The summed E-state index contributed by atoms with van der Waals surface area (Å²) in [5.74, 6) is 1.94. The Bertz CT molecular complexity index is 1040. The number of hydrogen-bond acceptors (Lipinski definition) is 4. The van der Waals surface area contributed by atoms with Crippen LogP contribution in [0.3, 0.4) is 0 Å². The number of nitrogens with zero attached hydrogens (tertiary/aromatic N) is 2. The Kier molecular flexibility index (Phi) is 5.01. The zero-order valence-electron chi connectivity index (χ0n) is 18.8. The zero-order chi connectivity index (χ0) is 21.5. The van der Waals surface area contributed by atoms with E-state index in [4.69, 9.17) is 9.47 Å². The van der Waals surface area contributed by atoms with E-state index in [1.807, 2.05) is 0 Å². The molecule has 0 fully saturated rings. The van der Waals surface area contributed by atoms with E-state index in [2.05, 4.69) is 78.2 Å². The van der Waals surface area contributed by atoms with Crippen molar-refractivity contribution in [1.29, 1.82) is 0 Å². The van der Waals surface area contributed by atoms with Crippen LogP contribution in [0.25, 0.3) is 0 Å². The molecule has 2 aliphatic heterocycles. The van der Waals surface area contributed by atoms with Gasteiger partial charge in [0.15, 0.2) is 0 Å². The van der Waals surface area contributed by atoms with Gasteiger partial charge in [-0.1, -0.05) is 32.0 Å². The number of anilines is 4. The van der Waals surface area contributed by atoms with Crippen LogP contribution in [0.4, 0.5) is 22.7 Å². The van der Waals surface area contributed by atoms with Crippen molar-refractivity contribution in [3.63, 3.8) is 0 Å². The Hall–Kier alpha value is -3.14. The van der Waals surface area contributed by atoms with Gasteiger partial charge in [-0.25, -0.2) is 0 Å². The fourth-order valence-electron chi connectivity index (χ4n) is 5.40. The Morgan fingerprint density at radius 3 is 1.39 bits per heavy atom. The molecule has 0 atom stereocenters. The third-order valence-electron chi connectivity index (χ3n) is 6.51. The molecule has 160 valence electrons. The lowest BCUT2D eigenvalue weighted by Crippen LogP contribution is -2.33. The SMILES string of the molecule is CCCN1c2cccc(OC)c2C2c3c(OC)cccc3N(CCC)c3cccc1c32. The predicted molar refractivity (Wildman–Crippen MR) is 128 cm³/mol. The van der Waals surface area contributed by atoms with Crippen LogP contribution >= 0.6 is 0 Å². The molecule has 0 saturated heterocycles. The van der Waals surface area contributed by atoms with E-state index in [0.717, 1.165) is 37.4 Å². The summed E-state index contributed by atoms with van der Waals surface area (Å²) in [5.41, 5.74) is 8.89. The van der Waals surface area contributed by atoms with Crippen LogP contribution in [-0.4, -0.2) is 27.3 Å². The van der Waals surface area contributed by atoms with Gasteiger partial charge in [0, 0.05) is 58.4 Å². The molecule has 0 spiro atoms. The maximum Gasteiger partial charge on any atom is 0.125 e. The molecule has 0 amide bonds. The highest BCUT2D eigenvalue weighted by Gasteiger charge is 2.42. The first-order valence-electron chi connectivity index (χ1n) is 11.3. The first-order chi connectivity index (χ1) is 15.2. The standard InChI is InChI=1S/C27H30N2O2/c1-5-16-28-18-10-7-11-19-24(18)27(25-20(28)12-8-14-22(25)30-3)26-21(29(19)17-6-2)13-9-15-23(26)31-4/h7-15,27H,5-6,16-17H2,1-4H3. The summed E-state index contributed by atoms with van der Waals surface area (Å²) in [7, 11) is 3.55. The van der Waals surface area contributed by atoms with Crippen molar-refractivity contribution >= 4 is 22.7 Å². The summed E-state index contributed by atoms with van der Waals surface area (Å²) >= 11 is 0. The molecule has 0 unspecified atom stereocenters. The van der Waals surface area contributed by atoms with Gasteiger partial charge in [-0.05, 0) is 49.2 Å². The molecule has 2 aliphatic rings. The molecule has 0 radical (unpaired) electrons. The van der Waals surface area contributed by atoms with Crippen LogP contribution in [0.5, 0.6) is 11.5 Å². The number of fused-ring (bicyclic) bond motifs is 4. The maximum atomic E-state index is 5.93. The number of benzene rings is 3. The van der Waals surface area contributed by atoms with Crippen LogP contribution in [0.2, 0.25) is 0 Å². The average Bonchev–Trinajstić information content (AvgIpc) is 2.81. The summed E-state index contributed by atoms with van der Waals surface area (Å²) in [6.07, 6.45) is 2.15. The lowest BCUT2D eigenvalue weighted by molar-refractivity contribution is 0.402. The van der Waals surface area contributed by atoms with Gasteiger partial charge in [-0.15, -0.1) is 0 Å². The molecular weight excluding hydrogens is 384 g/mol. The Morgan fingerprint density at radius 1 is 0.613 bits per heavy atom. The van der Waals surface area contributed by atoms with Gasteiger partial charge in [0.25, 0.3) is 0 Å². The summed E-state index contributed by atoms with van der Waals surface area (Å²) in [5, 5.41) is 0. The number of methoxy groups -OCH3 is 2. The third-order valence-corrected chi connectivity index (χ3v) is 6.51. The van der Waals surface area contributed by atoms with Crippen molar-refractivity contribution in [2.24, 2.45) is 0 Å². The van der Waals surface area contributed by atoms with Crippen molar-refractivity contribution in [3.05, 3.63) is 71.3 Å². The van der Waals surface area contributed by atoms with Crippen molar-refractivity contribution in [2.45, 2.75) is 32.6 Å². The van der Waals surface area contributed by atoms with Gasteiger partial charge in [0.1, 0.15) is 11.5 Å². The molecule has 3 aromatic rings. The normalized spacial score (nSPS) is 14.1. The highest BCUT2D eigenvalue weighted by molar-refractivity contribution is 5.91. The lowest BCUT2D eigenvalue weighted by Gasteiger charge is -2.45. The monoisotopic (exact) mass is 414 g/mol. The average molecular weight is 415 g/mol. The van der Waals surface area contributed by atoms with Crippen LogP contribution in [-0.2, 0) is 0 Å². The molecule has 4 heteroatoms. The fraction of sp³-hybridized carbons (Fsp3) is 0.333. The smallest absolute Gasteiger partial charge is 0.125 e. The first-order valence-corrected chi connectivity index (χ1v) is 11.3. The molecule has 0 aliphatic carbocycles. The van der Waals surface area contributed by atoms with Crippen LogP contribution in [0.1, 0.15) is 49.3 Å². The van der Waals surface area contributed by atoms with Gasteiger partial charge in [-0.2, -0.15) is 0 Å². The maximum absolute atomic E-state index is 5.93. The van der Waals surface area contributed by atoms with Gasteiger partial charge in [-0.3, -0.25) is 0 Å². The minimum Gasteiger partial charge on any atom is -0.496 e. The van der Waals surface area contributed by atoms with Crippen molar-refractivity contribution in [3.8, 4) is 11.5 Å². The largest absolute Gasteiger partial charge is 0.496 e. The highest BCUT2D eigenvalue weighted by Crippen LogP contribution is 2.60. The Labute approximate surface area is 185 Å². The molecule has 31 heavy (non-hydrogen) atoms. The summed E-state index contributed by atoms with van der Waals surface area (Å²) in [6, 6.07) is 19.6. The molecule has 3 aromatic carbocycles. The van der Waals surface area contributed by atoms with Crippen molar-refractivity contribution in [2.75, 3.05) is 37.1 Å². The van der Waals surface area contributed by atoms with Crippen molar-refractivity contribution in [1.82, 2.24) is 0 Å². The summed E-state index contributed by atoms with van der Waals surface area (Å²) < 4.78 is 11.9. The fourth-order valence-corrected chi connectivity index (χ4v) is 5.40. The van der Waals surface area contributed by atoms with Gasteiger partial charge < -0.3 is 19.3 Å². The second-order valence-electron chi connectivity index (χ2n) is 8.23. The predicted octanol–water partition coefficient (Wildman–Crippen LogP) is 6.61. The molecule has 0 bridgehead atoms. The first kappa shape index (κ1) is 19.8.